The van der Waals surface area contributed by atoms with E-state index in [9.17, 15) is 9.59 Å². The maximum atomic E-state index is 13.1. The molecule has 1 amide bonds. The zero-order chi connectivity index (χ0) is 26.3. The third-order valence-corrected chi connectivity index (χ3v) is 5.79. The van der Waals surface area contributed by atoms with Gasteiger partial charge in [-0.25, -0.2) is 14.6 Å². The average Bonchev–Trinajstić information content (AvgIpc) is 3.36. The number of carbonyl (C=O) groups is 2. The van der Waals surface area contributed by atoms with Gasteiger partial charge in [0.15, 0.2) is 5.82 Å². The molecular formula is C26H38N6O4. The van der Waals surface area contributed by atoms with Crippen molar-refractivity contribution in [2.75, 3.05) is 42.1 Å². The van der Waals surface area contributed by atoms with Crippen molar-refractivity contribution < 1.29 is 19.1 Å². The van der Waals surface area contributed by atoms with Crippen LogP contribution >= 0.6 is 0 Å². The van der Waals surface area contributed by atoms with Gasteiger partial charge in [0.25, 0.3) is 0 Å². The second-order valence-corrected chi connectivity index (χ2v) is 9.79. The van der Waals surface area contributed by atoms with Crippen LogP contribution in [-0.2, 0) is 16.0 Å². The van der Waals surface area contributed by atoms with Crippen LogP contribution in [0.4, 0.5) is 22.2 Å². The lowest BCUT2D eigenvalue weighted by Crippen LogP contribution is -2.38. The minimum Gasteiger partial charge on any atom is -0.458 e. The highest BCUT2D eigenvalue weighted by atomic mass is 16.6. The van der Waals surface area contributed by atoms with Gasteiger partial charge in [-0.1, -0.05) is 12.1 Å². The molecule has 1 unspecified atom stereocenters. The van der Waals surface area contributed by atoms with Crippen LogP contribution in [0.25, 0.3) is 0 Å². The number of hydrogen-bond acceptors (Lipinski definition) is 9. The summed E-state index contributed by atoms with van der Waals surface area (Å²) < 4.78 is 11.1. The molecule has 1 aromatic heterocycles. The van der Waals surface area contributed by atoms with E-state index >= 15 is 0 Å². The van der Waals surface area contributed by atoms with E-state index in [-0.39, 0.29) is 6.09 Å². The number of amides is 1. The van der Waals surface area contributed by atoms with Gasteiger partial charge in [-0.05, 0) is 65.2 Å². The smallest absolute Gasteiger partial charge is 0.415 e. The van der Waals surface area contributed by atoms with Crippen molar-refractivity contribution in [2.24, 2.45) is 0 Å². The molecule has 0 bridgehead atoms. The van der Waals surface area contributed by atoms with E-state index in [0.29, 0.717) is 29.6 Å². The number of rotatable bonds is 9. The van der Waals surface area contributed by atoms with Crippen LogP contribution in [0, 0.1) is 0 Å². The summed E-state index contributed by atoms with van der Waals surface area (Å²) in [5, 5.41) is 3.18. The second kappa shape index (κ2) is 11.9. The first-order chi connectivity index (χ1) is 17.1. The van der Waals surface area contributed by atoms with E-state index in [1.165, 1.54) is 0 Å². The lowest BCUT2D eigenvalue weighted by Gasteiger charge is -2.26. The minimum absolute atomic E-state index is 0.319. The molecule has 0 saturated carbocycles. The van der Waals surface area contributed by atoms with Crippen molar-refractivity contribution in [3.8, 4) is 5.75 Å². The number of ether oxygens (including phenoxy) is 2. The van der Waals surface area contributed by atoms with Gasteiger partial charge >= 0.3 is 12.1 Å². The standard InChI is InChI=1S/C26H38N6O4/c1-6-31(7-2)24-28-17-20(27)22(30-24)29-21(23(33)36-26(3,4)5)16-18-10-12-19(13-11-18)35-25(34)32-14-8-9-15-32/h10-13,17,21H,6-9,14-16,27H2,1-5H3,(H,28,29,30). The molecule has 1 aromatic carbocycles. The maximum Gasteiger partial charge on any atom is 0.415 e. The average molecular weight is 499 g/mol. The number of nitrogens with two attached hydrogens (primary N) is 1. The van der Waals surface area contributed by atoms with Crippen LogP contribution in [0.5, 0.6) is 5.75 Å². The third-order valence-electron chi connectivity index (χ3n) is 5.79. The van der Waals surface area contributed by atoms with Gasteiger partial charge in [-0.15, -0.1) is 0 Å². The highest BCUT2D eigenvalue weighted by Crippen LogP contribution is 2.23. The molecule has 1 saturated heterocycles. The first-order valence-electron chi connectivity index (χ1n) is 12.5. The van der Waals surface area contributed by atoms with Crippen LogP contribution in [0.2, 0.25) is 0 Å². The fraction of sp³-hybridized carbons (Fsp3) is 0.538. The molecule has 196 valence electrons. The topological polar surface area (TPSA) is 123 Å². The molecule has 10 nitrogen and oxygen atoms in total. The molecule has 1 atom stereocenters. The van der Waals surface area contributed by atoms with Crippen molar-refractivity contribution in [3.05, 3.63) is 36.0 Å². The molecule has 1 aliphatic heterocycles. The Balaban J connectivity index is 1.77. The Morgan fingerprint density at radius 3 is 2.36 bits per heavy atom. The molecule has 3 N–H and O–H groups in total. The van der Waals surface area contributed by atoms with Gasteiger partial charge in [-0.3, -0.25) is 0 Å². The summed E-state index contributed by atoms with van der Waals surface area (Å²) in [5.41, 5.74) is 6.68. The molecule has 3 rings (SSSR count). The Kier molecular flexibility index (Phi) is 8.95. The Morgan fingerprint density at radius 1 is 1.14 bits per heavy atom. The number of benzene rings is 1. The SMILES string of the molecule is CCN(CC)c1ncc(N)c(NC(Cc2ccc(OC(=O)N3CCCC3)cc2)C(=O)OC(C)(C)C)n1. The molecule has 36 heavy (non-hydrogen) atoms. The van der Waals surface area contributed by atoms with Crippen molar-refractivity contribution in [3.63, 3.8) is 0 Å². The van der Waals surface area contributed by atoms with Crippen LogP contribution < -0.4 is 20.7 Å². The van der Waals surface area contributed by atoms with Crippen molar-refractivity contribution >= 4 is 29.5 Å². The Morgan fingerprint density at radius 2 is 1.78 bits per heavy atom. The molecule has 0 radical (unpaired) electrons. The molecule has 1 aliphatic rings. The van der Waals surface area contributed by atoms with Gasteiger partial charge in [0, 0.05) is 32.6 Å². The fourth-order valence-electron chi connectivity index (χ4n) is 3.88. The van der Waals surface area contributed by atoms with E-state index < -0.39 is 17.6 Å². The van der Waals surface area contributed by atoms with E-state index in [0.717, 1.165) is 44.6 Å². The number of aromatic nitrogens is 2. The predicted octanol–water partition coefficient (Wildman–Crippen LogP) is 3.86. The summed E-state index contributed by atoms with van der Waals surface area (Å²) in [6.45, 7) is 12.4. The monoisotopic (exact) mass is 498 g/mol. The summed E-state index contributed by atoms with van der Waals surface area (Å²) in [5.74, 6) is 0.943. The predicted molar refractivity (Wildman–Crippen MR) is 140 cm³/mol. The number of nitrogens with one attached hydrogen (secondary N) is 1. The quantitative estimate of drug-likeness (QED) is 0.496. The zero-order valence-corrected chi connectivity index (χ0v) is 21.9. The van der Waals surface area contributed by atoms with Crippen LogP contribution in [0.15, 0.2) is 30.5 Å². The highest BCUT2D eigenvalue weighted by molar-refractivity contribution is 5.81. The number of anilines is 3. The van der Waals surface area contributed by atoms with Crippen LogP contribution in [0.3, 0.4) is 0 Å². The zero-order valence-electron chi connectivity index (χ0n) is 21.9. The lowest BCUT2D eigenvalue weighted by molar-refractivity contribution is -0.155. The number of esters is 1. The number of hydrogen-bond donors (Lipinski definition) is 2. The molecule has 0 spiro atoms. The van der Waals surface area contributed by atoms with E-state index in [4.69, 9.17) is 15.2 Å². The summed E-state index contributed by atoms with van der Waals surface area (Å²) in [7, 11) is 0. The van der Waals surface area contributed by atoms with Gasteiger partial charge in [-0.2, -0.15) is 4.98 Å². The minimum atomic E-state index is -0.746. The van der Waals surface area contributed by atoms with Gasteiger partial charge in [0.1, 0.15) is 17.4 Å². The third kappa shape index (κ3) is 7.47. The van der Waals surface area contributed by atoms with Gasteiger partial charge in [0.05, 0.1) is 11.9 Å². The fourth-order valence-corrected chi connectivity index (χ4v) is 3.88. The lowest BCUT2D eigenvalue weighted by atomic mass is 10.1. The largest absolute Gasteiger partial charge is 0.458 e. The van der Waals surface area contributed by atoms with Gasteiger partial charge in [0.2, 0.25) is 5.95 Å². The molecular weight excluding hydrogens is 460 g/mol. The molecule has 10 heteroatoms. The number of nitrogens with zero attached hydrogens (tertiary/aromatic N) is 4. The van der Waals surface area contributed by atoms with Crippen LogP contribution in [-0.4, -0.2) is 64.8 Å². The Labute approximate surface area is 213 Å². The second-order valence-electron chi connectivity index (χ2n) is 9.79. The first-order valence-corrected chi connectivity index (χ1v) is 12.5. The molecule has 0 aliphatic carbocycles. The van der Waals surface area contributed by atoms with E-state index in [2.05, 4.69) is 15.3 Å². The number of likely N-dealkylation sites (tertiary alicyclic amines) is 1. The van der Waals surface area contributed by atoms with Crippen LogP contribution in [0.1, 0.15) is 53.0 Å². The maximum absolute atomic E-state index is 13.1. The first kappa shape index (κ1) is 27.0. The summed E-state index contributed by atoms with van der Waals surface area (Å²) in [6.07, 6.45) is 3.52. The van der Waals surface area contributed by atoms with Crippen molar-refractivity contribution in [1.82, 2.24) is 14.9 Å². The normalized spacial score (nSPS) is 14.3. The van der Waals surface area contributed by atoms with Crippen molar-refractivity contribution in [2.45, 2.75) is 65.5 Å². The summed E-state index contributed by atoms with van der Waals surface area (Å²) in [6, 6.07) is 6.37. The Bertz CT molecular complexity index is 1030. The van der Waals surface area contributed by atoms with Crippen molar-refractivity contribution in [1.29, 1.82) is 0 Å². The number of nitrogen functional groups attached to an aromatic ring is 1. The molecule has 2 aromatic rings. The van der Waals surface area contributed by atoms with E-state index in [1.807, 2.05) is 51.7 Å². The van der Waals surface area contributed by atoms with Gasteiger partial charge < -0.3 is 30.3 Å². The number of carbonyl (C=O) groups excluding carboxylic acids is 2. The molecule has 1 fully saturated rings. The summed E-state index contributed by atoms with van der Waals surface area (Å²) >= 11 is 0. The summed E-state index contributed by atoms with van der Waals surface area (Å²) in [4.78, 5) is 38.0. The Hall–Kier alpha value is -3.56. The van der Waals surface area contributed by atoms with E-state index in [1.54, 1.807) is 23.2 Å². The highest BCUT2D eigenvalue weighted by Gasteiger charge is 2.27. The molecule has 2 heterocycles.